The van der Waals surface area contributed by atoms with Crippen LogP contribution in [-0.2, 0) is 14.8 Å². The minimum absolute atomic E-state index is 0.207. The van der Waals surface area contributed by atoms with Crippen molar-refractivity contribution in [2.75, 3.05) is 31.9 Å². The summed E-state index contributed by atoms with van der Waals surface area (Å²) in [5, 5.41) is 0. The molecule has 4 rings (SSSR count). The standard InChI is InChI=1S/C28H50N2O4S/c1-21(2)22-16-27(17-22)12-14-30(15-13-27)35(32,33)20-26(6,7)23-8-10-28(11-9-23)18-29(19-28)24(31)34-25(3,4)5/h21-23H,8-20H2,1-7H3. The highest BCUT2D eigenvalue weighted by molar-refractivity contribution is 7.89. The zero-order chi connectivity index (χ0) is 25.9. The Hall–Kier alpha value is -0.820. The first kappa shape index (κ1) is 27.2. The molecule has 2 saturated carbocycles. The molecule has 2 aliphatic carbocycles. The Bertz CT molecular complexity index is 872. The number of ether oxygens (including phenoxy) is 1. The normalized spacial score (nSPS) is 27.7. The first-order valence-corrected chi connectivity index (χ1v) is 15.6. The minimum Gasteiger partial charge on any atom is -0.444 e. The molecule has 0 aromatic heterocycles. The van der Waals surface area contributed by atoms with Crippen LogP contribution in [0.15, 0.2) is 0 Å². The third-order valence-corrected chi connectivity index (χ3v) is 12.2. The minimum atomic E-state index is -3.25. The molecule has 0 radical (unpaired) electrons. The predicted octanol–water partition coefficient (Wildman–Crippen LogP) is 5.92. The number of rotatable bonds is 5. The van der Waals surface area contributed by atoms with Crippen LogP contribution in [0.2, 0.25) is 0 Å². The van der Waals surface area contributed by atoms with Crippen molar-refractivity contribution in [3.05, 3.63) is 0 Å². The molecular weight excluding hydrogens is 460 g/mol. The van der Waals surface area contributed by atoms with Gasteiger partial charge in [0, 0.05) is 31.6 Å². The number of hydrogen-bond acceptors (Lipinski definition) is 4. The van der Waals surface area contributed by atoms with Gasteiger partial charge in [-0.3, -0.25) is 0 Å². The van der Waals surface area contributed by atoms with Crippen LogP contribution in [-0.4, -0.2) is 61.2 Å². The number of piperidine rings is 1. The topological polar surface area (TPSA) is 66.9 Å². The summed E-state index contributed by atoms with van der Waals surface area (Å²) in [6.07, 6.45) is 8.69. The van der Waals surface area contributed by atoms with Crippen molar-refractivity contribution in [2.45, 2.75) is 105 Å². The van der Waals surface area contributed by atoms with Gasteiger partial charge in [-0.05, 0) is 101 Å². The van der Waals surface area contributed by atoms with E-state index in [0.29, 0.717) is 24.4 Å². The second kappa shape index (κ2) is 9.18. The number of nitrogens with zero attached hydrogens (tertiary/aromatic N) is 2. The fraction of sp³-hybridized carbons (Fsp3) is 0.964. The Morgan fingerprint density at radius 3 is 1.97 bits per heavy atom. The van der Waals surface area contributed by atoms with Crippen molar-refractivity contribution in [3.8, 4) is 0 Å². The molecule has 0 N–H and O–H groups in total. The molecule has 202 valence electrons. The molecule has 2 heterocycles. The first-order chi connectivity index (χ1) is 16.0. The van der Waals surface area contributed by atoms with Gasteiger partial charge in [-0.25, -0.2) is 17.5 Å². The van der Waals surface area contributed by atoms with Crippen LogP contribution in [0.5, 0.6) is 0 Å². The van der Waals surface area contributed by atoms with E-state index in [1.54, 1.807) is 4.31 Å². The molecule has 0 atom stereocenters. The molecule has 2 aliphatic heterocycles. The van der Waals surface area contributed by atoms with Gasteiger partial charge in [-0.1, -0.05) is 27.7 Å². The second-order valence-electron chi connectivity index (χ2n) is 14.7. The summed E-state index contributed by atoms with van der Waals surface area (Å²) < 4.78 is 34.2. The summed E-state index contributed by atoms with van der Waals surface area (Å²) in [6, 6.07) is 0. The van der Waals surface area contributed by atoms with Gasteiger partial charge in [0.2, 0.25) is 10.0 Å². The molecule has 4 aliphatic rings. The van der Waals surface area contributed by atoms with E-state index in [0.717, 1.165) is 63.5 Å². The third-order valence-electron chi connectivity index (χ3n) is 9.92. The highest BCUT2D eigenvalue weighted by Crippen LogP contribution is 2.55. The number of carbonyl (C=O) groups excluding carboxylic acids is 1. The van der Waals surface area contributed by atoms with Crippen molar-refractivity contribution in [3.63, 3.8) is 0 Å². The number of carbonyl (C=O) groups is 1. The van der Waals surface area contributed by atoms with Crippen LogP contribution >= 0.6 is 0 Å². The SMILES string of the molecule is CC(C)C1CC2(CCN(S(=O)(=O)CC(C)(C)C3CCC4(CC3)CN(C(=O)OC(C)(C)C)C4)CC2)C1. The Kier molecular flexibility index (Phi) is 7.14. The Morgan fingerprint density at radius 2 is 1.49 bits per heavy atom. The lowest BCUT2D eigenvalue weighted by Crippen LogP contribution is -2.60. The fourth-order valence-electron chi connectivity index (χ4n) is 7.40. The van der Waals surface area contributed by atoms with Gasteiger partial charge >= 0.3 is 6.09 Å². The third kappa shape index (κ3) is 5.86. The number of hydrogen-bond donors (Lipinski definition) is 0. The van der Waals surface area contributed by atoms with Gasteiger partial charge in [0.15, 0.2) is 0 Å². The Morgan fingerprint density at radius 1 is 0.943 bits per heavy atom. The lowest BCUT2D eigenvalue weighted by molar-refractivity contribution is -0.0610. The van der Waals surface area contributed by atoms with Gasteiger partial charge in [-0.2, -0.15) is 0 Å². The lowest BCUT2D eigenvalue weighted by atomic mass is 9.55. The maximum absolute atomic E-state index is 13.4. The molecular formula is C28H50N2O4S. The van der Waals surface area contributed by atoms with Crippen molar-refractivity contribution >= 4 is 16.1 Å². The Labute approximate surface area is 214 Å². The van der Waals surface area contributed by atoms with Gasteiger partial charge in [0.05, 0.1) is 5.75 Å². The molecule has 7 heteroatoms. The average molecular weight is 511 g/mol. The maximum Gasteiger partial charge on any atom is 0.410 e. The molecule has 6 nitrogen and oxygen atoms in total. The molecule has 0 aromatic carbocycles. The zero-order valence-corrected chi connectivity index (χ0v) is 24.2. The number of likely N-dealkylation sites (tertiary alicyclic amines) is 1. The smallest absolute Gasteiger partial charge is 0.410 e. The van der Waals surface area contributed by atoms with E-state index in [1.807, 2.05) is 25.7 Å². The molecule has 0 aromatic rings. The quantitative estimate of drug-likeness (QED) is 0.461. The second-order valence-corrected chi connectivity index (χ2v) is 16.6. The van der Waals surface area contributed by atoms with Crippen molar-refractivity contribution in [1.82, 2.24) is 9.21 Å². The van der Waals surface area contributed by atoms with Crippen LogP contribution in [0.3, 0.4) is 0 Å². The van der Waals surface area contributed by atoms with E-state index in [4.69, 9.17) is 4.74 Å². The van der Waals surface area contributed by atoms with Crippen LogP contribution in [0.4, 0.5) is 4.79 Å². The van der Waals surface area contributed by atoms with E-state index in [1.165, 1.54) is 12.8 Å². The molecule has 35 heavy (non-hydrogen) atoms. The monoisotopic (exact) mass is 510 g/mol. The van der Waals surface area contributed by atoms with E-state index in [9.17, 15) is 13.2 Å². The molecule has 4 fully saturated rings. The van der Waals surface area contributed by atoms with Crippen LogP contribution in [0, 0.1) is 34.0 Å². The largest absolute Gasteiger partial charge is 0.444 e. The van der Waals surface area contributed by atoms with Gasteiger partial charge in [-0.15, -0.1) is 0 Å². The lowest BCUT2D eigenvalue weighted by Gasteiger charge is -2.55. The molecule has 2 spiro atoms. The zero-order valence-electron chi connectivity index (χ0n) is 23.4. The van der Waals surface area contributed by atoms with Gasteiger partial charge < -0.3 is 9.64 Å². The van der Waals surface area contributed by atoms with Crippen molar-refractivity contribution in [1.29, 1.82) is 0 Å². The van der Waals surface area contributed by atoms with Crippen LogP contribution in [0.1, 0.15) is 99.8 Å². The summed E-state index contributed by atoms with van der Waals surface area (Å²) in [7, 11) is -3.25. The highest BCUT2D eigenvalue weighted by Gasteiger charge is 2.51. The van der Waals surface area contributed by atoms with E-state index < -0.39 is 15.6 Å². The molecule has 0 bridgehead atoms. The summed E-state index contributed by atoms with van der Waals surface area (Å²) >= 11 is 0. The summed E-state index contributed by atoms with van der Waals surface area (Å²) in [4.78, 5) is 14.2. The summed E-state index contributed by atoms with van der Waals surface area (Å²) in [5.41, 5.74) is -0.0655. The molecule has 0 unspecified atom stereocenters. The van der Waals surface area contributed by atoms with E-state index in [-0.39, 0.29) is 22.7 Å². The summed E-state index contributed by atoms with van der Waals surface area (Å²) in [5.74, 6) is 2.24. The number of amides is 1. The molecule has 2 saturated heterocycles. The van der Waals surface area contributed by atoms with Crippen LogP contribution < -0.4 is 0 Å². The highest BCUT2D eigenvalue weighted by atomic mass is 32.2. The average Bonchev–Trinajstić information content (AvgIpc) is 2.68. The van der Waals surface area contributed by atoms with Crippen molar-refractivity contribution in [2.24, 2.45) is 34.0 Å². The van der Waals surface area contributed by atoms with E-state index in [2.05, 4.69) is 27.7 Å². The van der Waals surface area contributed by atoms with Crippen LogP contribution in [0.25, 0.3) is 0 Å². The van der Waals surface area contributed by atoms with Gasteiger partial charge in [0.25, 0.3) is 0 Å². The number of sulfonamides is 1. The predicted molar refractivity (Wildman–Crippen MR) is 141 cm³/mol. The maximum atomic E-state index is 13.4. The fourth-order valence-corrected chi connectivity index (χ4v) is 9.49. The van der Waals surface area contributed by atoms with Crippen molar-refractivity contribution < 1.29 is 17.9 Å². The van der Waals surface area contributed by atoms with E-state index >= 15 is 0 Å². The Balaban J connectivity index is 1.24. The first-order valence-electron chi connectivity index (χ1n) is 14.0. The molecule has 1 amide bonds. The summed E-state index contributed by atoms with van der Waals surface area (Å²) in [6.45, 7) is 17.6. The van der Waals surface area contributed by atoms with Gasteiger partial charge in [0.1, 0.15) is 5.60 Å².